The predicted octanol–water partition coefficient (Wildman–Crippen LogP) is 3.60. The maximum atomic E-state index is 12.9. The van der Waals surface area contributed by atoms with E-state index in [1.807, 2.05) is 24.3 Å². The molecule has 1 N–H and O–H groups in total. The maximum Gasteiger partial charge on any atom is 0.227 e. The second kappa shape index (κ2) is 9.07. The number of aliphatic hydroxyl groups is 1. The fourth-order valence-electron chi connectivity index (χ4n) is 4.35. The van der Waals surface area contributed by atoms with E-state index in [0.29, 0.717) is 0 Å². The standard InChI is InChI=1S/C23H28N2O2/c1-2-3-5-8-17-11-13-18(14-12-17)22-20(15-24)25(21(22)16-26)23(27)19-9-6-4-7-10-19/h11-14,19-22,26H,2-4,6-7,9-10,16H2,1H3/t20-,21+,22-/m1/s1. The zero-order valence-corrected chi connectivity index (χ0v) is 16.0. The summed E-state index contributed by atoms with van der Waals surface area (Å²) in [5.41, 5.74) is 1.95. The molecule has 0 spiro atoms. The summed E-state index contributed by atoms with van der Waals surface area (Å²) in [7, 11) is 0. The van der Waals surface area contributed by atoms with Crippen LogP contribution in [0.4, 0.5) is 0 Å². The number of aliphatic hydroxyl groups excluding tert-OH is 1. The molecule has 3 rings (SSSR count). The number of nitrogens with zero attached hydrogens (tertiary/aromatic N) is 2. The van der Waals surface area contributed by atoms with E-state index in [1.165, 1.54) is 6.42 Å². The zero-order valence-electron chi connectivity index (χ0n) is 16.0. The largest absolute Gasteiger partial charge is 0.394 e. The van der Waals surface area contributed by atoms with Crippen LogP contribution in [-0.2, 0) is 4.79 Å². The van der Waals surface area contributed by atoms with E-state index in [2.05, 4.69) is 24.8 Å². The average Bonchev–Trinajstić information content (AvgIpc) is 2.70. The van der Waals surface area contributed by atoms with Crippen molar-refractivity contribution in [3.8, 4) is 17.9 Å². The van der Waals surface area contributed by atoms with Gasteiger partial charge in [-0.2, -0.15) is 5.26 Å². The topological polar surface area (TPSA) is 64.3 Å². The average molecular weight is 364 g/mol. The monoisotopic (exact) mass is 364 g/mol. The van der Waals surface area contributed by atoms with Crippen molar-refractivity contribution in [3.05, 3.63) is 35.4 Å². The number of carbonyl (C=O) groups excluding carboxylic acids is 1. The highest BCUT2D eigenvalue weighted by atomic mass is 16.3. The van der Waals surface area contributed by atoms with Crippen LogP contribution < -0.4 is 0 Å². The van der Waals surface area contributed by atoms with E-state index in [4.69, 9.17) is 0 Å². The van der Waals surface area contributed by atoms with Crippen LogP contribution in [0.1, 0.15) is 68.9 Å². The minimum Gasteiger partial charge on any atom is -0.394 e. The van der Waals surface area contributed by atoms with Crippen molar-refractivity contribution in [1.29, 1.82) is 5.26 Å². The summed E-state index contributed by atoms with van der Waals surface area (Å²) in [4.78, 5) is 14.6. The number of carbonyl (C=O) groups is 1. The summed E-state index contributed by atoms with van der Waals surface area (Å²) in [5, 5.41) is 19.6. The Kier molecular flexibility index (Phi) is 6.54. The first-order valence-corrected chi connectivity index (χ1v) is 10.1. The van der Waals surface area contributed by atoms with Gasteiger partial charge in [0.1, 0.15) is 6.04 Å². The third kappa shape index (κ3) is 4.02. The van der Waals surface area contributed by atoms with Gasteiger partial charge >= 0.3 is 0 Å². The van der Waals surface area contributed by atoms with Gasteiger partial charge in [-0.15, -0.1) is 0 Å². The van der Waals surface area contributed by atoms with E-state index < -0.39 is 6.04 Å². The van der Waals surface area contributed by atoms with Gasteiger partial charge in [0, 0.05) is 23.8 Å². The van der Waals surface area contributed by atoms with Crippen LogP contribution in [0.2, 0.25) is 0 Å². The van der Waals surface area contributed by atoms with Gasteiger partial charge in [0.05, 0.1) is 18.7 Å². The quantitative estimate of drug-likeness (QED) is 0.830. The number of amides is 1. The molecular weight excluding hydrogens is 336 g/mol. The molecule has 0 radical (unpaired) electrons. The fraction of sp³-hybridized carbons (Fsp3) is 0.565. The lowest BCUT2D eigenvalue weighted by atomic mass is 9.74. The molecule has 2 fully saturated rings. The first kappa shape index (κ1) is 19.5. The van der Waals surface area contributed by atoms with Crippen LogP contribution in [0.3, 0.4) is 0 Å². The smallest absolute Gasteiger partial charge is 0.227 e. The van der Waals surface area contributed by atoms with Crippen LogP contribution in [0.25, 0.3) is 0 Å². The molecule has 1 saturated heterocycles. The van der Waals surface area contributed by atoms with Gasteiger partial charge in [0.25, 0.3) is 0 Å². The zero-order chi connectivity index (χ0) is 19.2. The number of benzene rings is 1. The number of hydrogen-bond acceptors (Lipinski definition) is 3. The highest BCUT2D eigenvalue weighted by molar-refractivity contribution is 5.81. The first-order valence-electron chi connectivity index (χ1n) is 10.1. The summed E-state index contributed by atoms with van der Waals surface area (Å²) < 4.78 is 0. The Balaban J connectivity index is 1.75. The van der Waals surface area contributed by atoms with Crippen LogP contribution in [-0.4, -0.2) is 34.6 Å². The Hall–Kier alpha value is -2.30. The lowest BCUT2D eigenvalue weighted by Crippen LogP contribution is -2.66. The van der Waals surface area contributed by atoms with Crippen molar-refractivity contribution in [3.63, 3.8) is 0 Å². The van der Waals surface area contributed by atoms with Crippen molar-refractivity contribution in [2.75, 3.05) is 6.61 Å². The molecular formula is C23H28N2O2. The molecule has 0 aromatic heterocycles. The third-order valence-corrected chi connectivity index (χ3v) is 5.84. The molecule has 1 saturated carbocycles. The number of nitriles is 1. The minimum absolute atomic E-state index is 0.0146. The Morgan fingerprint density at radius 2 is 1.93 bits per heavy atom. The van der Waals surface area contributed by atoms with Gasteiger partial charge < -0.3 is 10.0 Å². The fourth-order valence-corrected chi connectivity index (χ4v) is 4.35. The van der Waals surface area contributed by atoms with Gasteiger partial charge in [0.15, 0.2) is 0 Å². The summed E-state index contributed by atoms with van der Waals surface area (Å²) in [6.07, 6.45) is 7.07. The van der Waals surface area contributed by atoms with E-state index >= 15 is 0 Å². The van der Waals surface area contributed by atoms with Crippen LogP contribution in [0, 0.1) is 29.1 Å². The second-order valence-electron chi connectivity index (χ2n) is 7.60. The van der Waals surface area contributed by atoms with Crippen molar-refractivity contribution >= 4 is 5.91 Å². The van der Waals surface area contributed by atoms with Crippen molar-refractivity contribution in [2.45, 2.75) is 69.9 Å². The molecule has 27 heavy (non-hydrogen) atoms. The van der Waals surface area contributed by atoms with Gasteiger partial charge in [-0.3, -0.25) is 4.79 Å². The van der Waals surface area contributed by atoms with E-state index in [9.17, 15) is 15.2 Å². The molecule has 0 bridgehead atoms. The number of hydrogen-bond donors (Lipinski definition) is 1. The van der Waals surface area contributed by atoms with E-state index in [-0.39, 0.29) is 30.4 Å². The van der Waals surface area contributed by atoms with Crippen molar-refractivity contribution in [2.24, 2.45) is 5.92 Å². The molecule has 3 atom stereocenters. The normalized spacial score (nSPS) is 25.1. The van der Waals surface area contributed by atoms with Gasteiger partial charge in [-0.1, -0.05) is 50.2 Å². The highest BCUT2D eigenvalue weighted by Gasteiger charge is 2.52. The molecule has 1 amide bonds. The van der Waals surface area contributed by atoms with Gasteiger partial charge in [-0.05, 0) is 37.0 Å². The molecule has 1 aliphatic carbocycles. The van der Waals surface area contributed by atoms with Crippen LogP contribution >= 0.6 is 0 Å². The van der Waals surface area contributed by atoms with Crippen LogP contribution in [0.5, 0.6) is 0 Å². The Morgan fingerprint density at radius 1 is 1.22 bits per heavy atom. The van der Waals surface area contributed by atoms with Crippen molar-refractivity contribution < 1.29 is 9.90 Å². The summed E-state index contributed by atoms with van der Waals surface area (Å²) in [6.45, 7) is 1.99. The Labute approximate surface area is 162 Å². The maximum absolute atomic E-state index is 12.9. The second-order valence-corrected chi connectivity index (χ2v) is 7.60. The van der Waals surface area contributed by atoms with Crippen molar-refractivity contribution in [1.82, 2.24) is 4.90 Å². The molecule has 1 aromatic rings. The minimum atomic E-state index is -0.492. The molecule has 142 valence electrons. The lowest BCUT2D eigenvalue weighted by Gasteiger charge is -2.52. The van der Waals surface area contributed by atoms with E-state index in [1.54, 1.807) is 4.90 Å². The molecule has 1 aromatic carbocycles. The molecule has 4 heteroatoms. The third-order valence-electron chi connectivity index (χ3n) is 5.84. The Morgan fingerprint density at radius 3 is 2.52 bits per heavy atom. The summed E-state index contributed by atoms with van der Waals surface area (Å²) in [5.74, 6) is 6.21. The number of rotatable bonds is 4. The SMILES string of the molecule is CCCC#Cc1ccc([C@@H]2[C@@H](C#N)N(C(=O)C3CCCCC3)[C@H]2CO)cc1. The lowest BCUT2D eigenvalue weighted by molar-refractivity contribution is -0.152. The van der Waals surface area contributed by atoms with Crippen LogP contribution in [0.15, 0.2) is 24.3 Å². The number of likely N-dealkylation sites (tertiary alicyclic amines) is 1. The Bertz CT molecular complexity index is 747. The van der Waals surface area contributed by atoms with Gasteiger partial charge in [0.2, 0.25) is 5.91 Å². The molecule has 1 aliphatic heterocycles. The predicted molar refractivity (Wildman–Crippen MR) is 105 cm³/mol. The molecule has 2 aliphatic rings. The summed E-state index contributed by atoms with van der Waals surface area (Å²) in [6, 6.07) is 9.40. The van der Waals surface area contributed by atoms with E-state index in [0.717, 1.165) is 49.7 Å². The molecule has 1 heterocycles. The molecule has 0 unspecified atom stereocenters. The number of unbranched alkanes of at least 4 members (excludes halogenated alkanes) is 1. The first-order chi connectivity index (χ1) is 13.2. The van der Waals surface area contributed by atoms with Gasteiger partial charge in [-0.25, -0.2) is 0 Å². The highest BCUT2D eigenvalue weighted by Crippen LogP contribution is 2.42. The molecule has 4 nitrogen and oxygen atoms in total. The summed E-state index contributed by atoms with van der Waals surface area (Å²) >= 11 is 0.